The molecule has 0 saturated carbocycles. The topological polar surface area (TPSA) is 56.8 Å². The summed E-state index contributed by atoms with van der Waals surface area (Å²) < 4.78 is 17.5. The lowest BCUT2D eigenvalue weighted by atomic mass is 9.93. The Kier molecular flexibility index (Phi) is 3.46. The highest BCUT2D eigenvalue weighted by Gasteiger charge is 2.47. The van der Waals surface area contributed by atoms with E-state index in [1.165, 1.54) is 0 Å². The molecule has 2 heterocycles. The van der Waals surface area contributed by atoms with E-state index in [1.54, 1.807) is 6.07 Å². The number of fused-ring (bicyclic) bond motifs is 2. The van der Waals surface area contributed by atoms with E-state index in [0.29, 0.717) is 30.3 Å². The number of hydrogen-bond donors (Lipinski definition) is 1. The maximum Gasteiger partial charge on any atom is 0.254 e. The lowest BCUT2D eigenvalue weighted by Crippen LogP contribution is -2.44. The molecule has 1 unspecified atom stereocenters. The minimum absolute atomic E-state index is 0.0790. The van der Waals surface area contributed by atoms with Crippen molar-refractivity contribution < 1.29 is 19.0 Å². The molecule has 0 aliphatic carbocycles. The summed E-state index contributed by atoms with van der Waals surface area (Å²) in [6, 6.07) is 13.3. The van der Waals surface area contributed by atoms with Gasteiger partial charge in [-0.05, 0) is 26.0 Å². The van der Waals surface area contributed by atoms with Crippen LogP contribution in [0.15, 0.2) is 42.5 Å². The van der Waals surface area contributed by atoms with Gasteiger partial charge in [0.1, 0.15) is 13.2 Å². The first-order valence-electron chi connectivity index (χ1n) is 8.10. The molecule has 0 aromatic heterocycles. The zero-order chi connectivity index (χ0) is 16.7. The summed E-state index contributed by atoms with van der Waals surface area (Å²) in [4.78, 5) is 12.6. The largest absolute Gasteiger partial charge is 0.486 e. The Labute approximate surface area is 140 Å². The number of benzene rings is 2. The van der Waals surface area contributed by atoms with Crippen molar-refractivity contribution in [2.45, 2.75) is 25.7 Å². The quantitative estimate of drug-likeness (QED) is 0.943. The zero-order valence-corrected chi connectivity index (χ0v) is 13.7. The van der Waals surface area contributed by atoms with E-state index in [-0.39, 0.29) is 12.0 Å². The summed E-state index contributed by atoms with van der Waals surface area (Å²) >= 11 is 0. The van der Waals surface area contributed by atoms with Gasteiger partial charge in [0.15, 0.2) is 17.2 Å². The smallest absolute Gasteiger partial charge is 0.254 e. The van der Waals surface area contributed by atoms with Gasteiger partial charge < -0.3 is 19.5 Å². The van der Waals surface area contributed by atoms with Gasteiger partial charge in [-0.1, -0.05) is 30.3 Å². The van der Waals surface area contributed by atoms with Gasteiger partial charge in [-0.2, -0.15) is 0 Å². The van der Waals surface area contributed by atoms with E-state index in [9.17, 15) is 4.79 Å². The molecule has 124 valence electrons. The van der Waals surface area contributed by atoms with E-state index in [2.05, 4.69) is 5.32 Å². The van der Waals surface area contributed by atoms with Crippen LogP contribution in [-0.4, -0.2) is 25.2 Å². The molecule has 5 nitrogen and oxygen atoms in total. The molecule has 2 aliphatic rings. The third kappa shape index (κ3) is 2.24. The van der Waals surface area contributed by atoms with E-state index < -0.39 is 5.72 Å². The fourth-order valence-electron chi connectivity index (χ4n) is 3.28. The first kappa shape index (κ1) is 15.0. The van der Waals surface area contributed by atoms with Gasteiger partial charge in [0.25, 0.3) is 5.91 Å². The Morgan fingerprint density at radius 3 is 2.42 bits per heavy atom. The van der Waals surface area contributed by atoms with Gasteiger partial charge in [-0.3, -0.25) is 4.79 Å². The average Bonchev–Trinajstić information content (AvgIpc) is 2.86. The fourth-order valence-corrected chi connectivity index (χ4v) is 3.28. The molecule has 0 bridgehead atoms. The third-order valence-corrected chi connectivity index (χ3v) is 4.19. The number of hydrogen-bond acceptors (Lipinski definition) is 4. The lowest BCUT2D eigenvalue weighted by molar-refractivity contribution is -0.0681. The first-order valence-corrected chi connectivity index (χ1v) is 8.10. The van der Waals surface area contributed by atoms with E-state index >= 15 is 0 Å². The zero-order valence-electron chi connectivity index (χ0n) is 13.7. The SMILES string of the molecule is CC(C)OC1(c2ccccc2)NC(=O)c2cc3c(cc21)OCCO3. The Hall–Kier alpha value is -2.53. The number of ether oxygens (including phenoxy) is 3. The molecule has 1 amide bonds. The molecular formula is C19H19NO4. The van der Waals surface area contributed by atoms with Crippen LogP contribution in [0.1, 0.15) is 35.3 Å². The van der Waals surface area contributed by atoms with Crippen LogP contribution in [0.5, 0.6) is 11.5 Å². The molecule has 2 aromatic rings. The van der Waals surface area contributed by atoms with Crippen molar-refractivity contribution in [1.82, 2.24) is 5.32 Å². The molecule has 0 spiro atoms. The second kappa shape index (κ2) is 5.53. The van der Waals surface area contributed by atoms with Crippen molar-refractivity contribution in [2.24, 2.45) is 0 Å². The van der Waals surface area contributed by atoms with Gasteiger partial charge in [-0.25, -0.2) is 0 Å². The maximum atomic E-state index is 12.6. The van der Waals surface area contributed by atoms with E-state index in [0.717, 1.165) is 11.1 Å². The van der Waals surface area contributed by atoms with Crippen LogP contribution in [0.4, 0.5) is 0 Å². The predicted octanol–water partition coefficient (Wildman–Crippen LogP) is 2.83. The van der Waals surface area contributed by atoms with Crippen LogP contribution < -0.4 is 14.8 Å². The van der Waals surface area contributed by atoms with Gasteiger partial charge in [0.05, 0.1) is 11.7 Å². The van der Waals surface area contributed by atoms with Crippen molar-refractivity contribution in [2.75, 3.05) is 13.2 Å². The van der Waals surface area contributed by atoms with E-state index in [4.69, 9.17) is 14.2 Å². The van der Waals surface area contributed by atoms with Gasteiger partial charge in [-0.15, -0.1) is 0 Å². The highest BCUT2D eigenvalue weighted by Crippen LogP contribution is 2.44. The summed E-state index contributed by atoms with van der Waals surface area (Å²) in [5.74, 6) is 1.07. The Bertz CT molecular complexity index is 787. The molecule has 2 aromatic carbocycles. The van der Waals surface area contributed by atoms with Crippen molar-refractivity contribution >= 4 is 5.91 Å². The van der Waals surface area contributed by atoms with Crippen LogP contribution in [0.3, 0.4) is 0 Å². The predicted molar refractivity (Wildman–Crippen MR) is 88.3 cm³/mol. The Balaban J connectivity index is 1.93. The molecule has 0 saturated heterocycles. The molecule has 0 radical (unpaired) electrons. The van der Waals surface area contributed by atoms with Crippen molar-refractivity contribution in [3.05, 3.63) is 59.2 Å². The van der Waals surface area contributed by atoms with Crippen LogP contribution in [-0.2, 0) is 10.5 Å². The number of nitrogens with one attached hydrogen (secondary N) is 1. The highest BCUT2D eigenvalue weighted by molar-refractivity contribution is 6.01. The summed E-state index contributed by atoms with van der Waals surface area (Å²) in [6.07, 6.45) is -0.0790. The Morgan fingerprint density at radius 1 is 1.08 bits per heavy atom. The van der Waals surface area contributed by atoms with Crippen molar-refractivity contribution in [1.29, 1.82) is 0 Å². The monoisotopic (exact) mass is 325 g/mol. The van der Waals surface area contributed by atoms with Crippen molar-refractivity contribution in [3.8, 4) is 11.5 Å². The maximum absolute atomic E-state index is 12.6. The number of carbonyl (C=O) groups excluding carboxylic acids is 1. The molecule has 24 heavy (non-hydrogen) atoms. The minimum atomic E-state index is -1.02. The van der Waals surface area contributed by atoms with Crippen LogP contribution in [0.25, 0.3) is 0 Å². The second-order valence-corrected chi connectivity index (χ2v) is 6.21. The first-order chi connectivity index (χ1) is 11.6. The summed E-state index contributed by atoms with van der Waals surface area (Å²) in [7, 11) is 0. The fraction of sp³-hybridized carbons (Fsp3) is 0.316. The van der Waals surface area contributed by atoms with E-state index in [1.807, 2.05) is 50.2 Å². The highest BCUT2D eigenvalue weighted by atomic mass is 16.6. The molecule has 4 rings (SSSR count). The number of amides is 1. The standard InChI is InChI=1S/C19H19NO4/c1-12(2)24-19(13-6-4-3-5-7-13)15-11-17-16(22-8-9-23-17)10-14(15)18(21)20-19/h3-7,10-12H,8-9H2,1-2H3,(H,20,21). The summed E-state index contributed by atoms with van der Waals surface area (Å²) in [5.41, 5.74) is 1.18. The Morgan fingerprint density at radius 2 is 1.75 bits per heavy atom. The lowest BCUT2D eigenvalue weighted by Gasteiger charge is -2.33. The van der Waals surface area contributed by atoms with Gasteiger partial charge in [0.2, 0.25) is 0 Å². The summed E-state index contributed by atoms with van der Waals surface area (Å²) in [5, 5.41) is 3.03. The van der Waals surface area contributed by atoms with Gasteiger partial charge >= 0.3 is 0 Å². The molecule has 0 fully saturated rings. The summed E-state index contributed by atoms with van der Waals surface area (Å²) in [6.45, 7) is 4.88. The minimum Gasteiger partial charge on any atom is -0.486 e. The number of carbonyl (C=O) groups is 1. The van der Waals surface area contributed by atoms with Crippen LogP contribution in [0, 0.1) is 0 Å². The third-order valence-electron chi connectivity index (χ3n) is 4.19. The molecule has 1 N–H and O–H groups in total. The molecule has 1 atom stereocenters. The van der Waals surface area contributed by atoms with Crippen LogP contribution in [0.2, 0.25) is 0 Å². The second-order valence-electron chi connectivity index (χ2n) is 6.21. The molecule has 2 aliphatic heterocycles. The number of rotatable bonds is 3. The normalized spacial score (nSPS) is 21.5. The van der Waals surface area contributed by atoms with Gasteiger partial charge in [0, 0.05) is 11.1 Å². The molecular weight excluding hydrogens is 306 g/mol. The molecule has 5 heteroatoms. The van der Waals surface area contributed by atoms with Crippen LogP contribution >= 0.6 is 0 Å². The average molecular weight is 325 g/mol. The van der Waals surface area contributed by atoms with Crippen molar-refractivity contribution in [3.63, 3.8) is 0 Å².